The van der Waals surface area contributed by atoms with E-state index in [-0.39, 0.29) is 51.4 Å². The molecule has 60 valence electrons. The summed E-state index contributed by atoms with van der Waals surface area (Å²) in [4.78, 5) is 9.33. The van der Waals surface area contributed by atoms with Gasteiger partial charge in [-0.1, -0.05) is 11.6 Å². The summed E-state index contributed by atoms with van der Waals surface area (Å²) in [5, 5.41) is 4.54. The zero-order valence-electron chi connectivity index (χ0n) is 5.21. The van der Waals surface area contributed by atoms with E-state index >= 15 is 0 Å². The smallest absolute Gasteiger partial charge is 0.545 e. The molecule has 0 aromatic carbocycles. The first-order valence-corrected chi connectivity index (χ1v) is 2.23. The van der Waals surface area contributed by atoms with E-state index in [2.05, 4.69) is 11.6 Å². The molecule has 1 atom stereocenters. The Morgan fingerprint density at radius 3 is 1.55 bits per heavy atom. The van der Waals surface area contributed by atoms with Gasteiger partial charge in [0.1, 0.15) is 5.97 Å². The Balaban J connectivity index is 0. The van der Waals surface area contributed by atoms with Crippen molar-refractivity contribution in [3.05, 3.63) is 0 Å². The molecule has 0 rings (SSSR count). The second-order valence-electron chi connectivity index (χ2n) is 1.36. The average Bonchev–Trinajstić information content (AvgIpc) is 1.62. The van der Waals surface area contributed by atoms with Gasteiger partial charge in [-0.05, 0) is 0 Å². The zero-order valence-corrected chi connectivity index (χ0v) is 9.09. The van der Waals surface area contributed by atoms with E-state index in [9.17, 15) is 27.5 Å². The second-order valence-corrected chi connectivity index (χ2v) is 1.88. The van der Waals surface area contributed by atoms with Crippen LogP contribution in [0.1, 0.15) is 0 Å². The third kappa shape index (κ3) is 3.56. The molecule has 1 unspecified atom stereocenters. The molecule has 0 aliphatic rings. The van der Waals surface area contributed by atoms with Gasteiger partial charge >= 0.3 is 62.7 Å². The van der Waals surface area contributed by atoms with E-state index in [0.29, 0.717) is 0 Å². The summed E-state index contributed by atoms with van der Waals surface area (Å²) in [5.41, 5.74) is 0. The molecule has 0 radical (unpaired) electrons. The maximum absolute atomic E-state index is 11.7. The minimum atomic E-state index is -5.65. The van der Waals surface area contributed by atoms with Gasteiger partial charge < -0.3 is 9.90 Å². The molecular weight excluding hydrogens is 219 g/mol. The van der Waals surface area contributed by atoms with Gasteiger partial charge in [0.25, 0.3) is 0 Å². The number of hydrogen-bond donors (Lipinski definition) is 0. The van der Waals surface area contributed by atoms with Crippen molar-refractivity contribution in [2.45, 2.75) is 11.3 Å². The van der Waals surface area contributed by atoms with Crippen LogP contribution in [0.5, 0.6) is 0 Å². The molecule has 0 saturated heterocycles. The molecule has 0 heterocycles. The summed E-state index contributed by atoms with van der Waals surface area (Å²) in [6, 6.07) is 0. The third-order valence-electron chi connectivity index (χ3n) is 0.612. The number of carbonyl (C=O) groups is 1. The minimum absolute atomic E-state index is 0. The number of alkyl halides is 5. The Morgan fingerprint density at radius 1 is 1.27 bits per heavy atom. The maximum atomic E-state index is 11.7. The molecule has 0 aromatic heterocycles. The summed E-state index contributed by atoms with van der Waals surface area (Å²) in [6.07, 6.45) is -5.65. The Hall–Kier alpha value is 1.12. The van der Waals surface area contributed by atoms with Gasteiger partial charge in [0.05, 0.1) is 0 Å². The van der Waals surface area contributed by atoms with Gasteiger partial charge in [-0.2, -0.15) is 13.2 Å². The zero-order chi connectivity index (χ0) is 8.58. The quantitative estimate of drug-likeness (QED) is 0.271. The summed E-state index contributed by atoms with van der Waals surface area (Å²) in [6.45, 7) is 0. The predicted octanol–water partition coefficient (Wildman–Crippen LogP) is -2.79. The van der Waals surface area contributed by atoms with Gasteiger partial charge in [-0.15, -0.1) is 0 Å². The first kappa shape index (κ1) is 14.6. The molecule has 11 heavy (non-hydrogen) atoms. The maximum Gasteiger partial charge on any atom is 1.00 e. The fourth-order valence-electron chi connectivity index (χ4n) is 0.116. The molecule has 0 fully saturated rings. The van der Waals surface area contributed by atoms with Gasteiger partial charge in [0.15, 0.2) is 0 Å². The average molecular weight is 219 g/mol. The van der Waals surface area contributed by atoms with Crippen molar-refractivity contribution in [1.29, 1.82) is 0 Å². The van der Waals surface area contributed by atoms with Crippen molar-refractivity contribution in [2.75, 3.05) is 0 Å². The van der Waals surface area contributed by atoms with Crippen LogP contribution in [0.2, 0.25) is 0 Å². The van der Waals surface area contributed by atoms with Crippen LogP contribution < -0.4 is 56.5 Å². The number of carbonyl (C=O) groups excluding carboxylic acids is 1. The fraction of sp³-hybridized carbons (Fsp3) is 0.667. The molecule has 0 aromatic rings. The third-order valence-corrected chi connectivity index (χ3v) is 0.981. The molecule has 0 amide bonds. The molecule has 0 aliphatic heterocycles. The molecule has 2 nitrogen and oxygen atoms in total. The number of hydrogen-bond acceptors (Lipinski definition) is 2. The van der Waals surface area contributed by atoms with Gasteiger partial charge in [-0.25, -0.2) is 4.39 Å². The molecule has 8 heteroatoms. The van der Waals surface area contributed by atoms with Crippen molar-refractivity contribution in [1.82, 2.24) is 0 Å². The van der Waals surface area contributed by atoms with Crippen molar-refractivity contribution in [2.24, 2.45) is 0 Å². The standard InChI is InChI=1S/C3HClF4O2.K/c4-2(5,1(9)10)3(6,7)8;/h(H,9,10);/q;+1/p-1. The van der Waals surface area contributed by atoms with Crippen LogP contribution in [0.25, 0.3) is 0 Å². The van der Waals surface area contributed by atoms with Crippen LogP contribution in [-0.4, -0.2) is 17.3 Å². The molecule has 0 aliphatic carbocycles. The van der Waals surface area contributed by atoms with Crippen LogP contribution in [0.4, 0.5) is 17.6 Å². The van der Waals surface area contributed by atoms with Gasteiger partial charge in [-0.3, -0.25) is 0 Å². The minimum Gasteiger partial charge on any atom is -0.545 e. The largest absolute Gasteiger partial charge is 1.00 e. The number of carboxylic acids is 1. The van der Waals surface area contributed by atoms with Crippen molar-refractivity contribution in [3.8, 4) is 0 Å². The number of aliphatic carboxylic acids is 1. The number of halogens is 5. The van der Waals surface area contributed by atoms with E-state index < -0.39 is 17.3 Å². The Morgan fingerprint density at radius 2 is 1.55 bits per heavy atom. The summed E-state index contributed by atoms with van der Waals surface area (Å²) in [7, 11) is 0. The van der Waals surface area contributed by atoms with Crippen LogP contribution in [0.3, 0.4) is 0 Å². The molecule has 0 saturated carbocycles. The predicted molar refractivity (Wildman–Crippen MR) is 20.8 cm³/mol. The number of carboxylic acid groups (broad SMARTS) is 1. The van der Waals surface area contributed by atoms with Crippen molar-refractivity contribution in [3.63, 3.8) is 0 Å². The Labute approximate surface area is 106 Å². The van der Waals surface area contributed by atoms with E-state index in [1.54, 1.807) is 0 Å². The van der Waals surface area contributed by atoms with Crippen molar-refractivity contribution >= 4 is 17.6 Å². The molecular formula is C3ClF4KO2. The van der Waals surface area contributed by atoms with E-state index in [4.69, 9.17) is 0 Å². The van der Waals surface area contributed by atoms with Crippen LogP contribution in [-0.2, 0) is 4.79 Å². The fourth-order valence-corrected chi connectivity index (χ4v) is 0.116. The number of rotatable bonds is 1. The normalized spacial score (nSPS) is 16.5. The Kier molecular flexibility index (Phi) is 5.83. The van der Waals surface area contributed by atoms with E-state index in [1.807, 2.05) is 0 Å². The van der Waals surface area contributed by atoms with Crippen molar-refractivity contribution < 1.29 is 78.8 Å². The summed E-state index contributed by atoms with van der Waals surface area (Å²) in [5.74, 6) is -3.01. The first-order chi connectivity index (χ1) is 4.19. The molecule has 0 spiro atoms. The monoisotopic (exact) mass is 218 g/mol. The second kappa shape index (κ2) is 4.38. The van der Waals surface area contributed by atoms with E-state index in [0.717, 1.165) is 0 Å². The van der Waals surface area contributed by atoms with Crippen LogP contribution in [0, 0.1) is 0 Å². The molecule has 0 bridgehead atoms. The first-order valence-electron chi connectivity index (χ1n) is 1.85. The molecule has 0 N–H and O–H groups in total. The van der Waals surface area contributed by atoms with Gasteiger partial charge in [0, 0.05) is 0 Å². The van der Waals surface area contributed by atoms with Crippen LogP contribution in [0.15, 0.2) is 0 Å². The SMILES string of the molecule is O=C([O-])C(F)(Cl)C(F)(F)F.[K+]. The Bertz CT molecular complexity index is 156. The summed E-state index contributed by atoms with van der Waals surface area (Å²) >= 11 is 3.89. The van der Waals surface area contributed by atoms with Crippen LogP contribution >= 0.6 is 11.6 Å². The summed E-state index contributed by atoms with van der Waals surface area (Å²) < 4.78 is 45.2. The topological polar surface area (TPSA) is 40.1 Å². The van der Waals surface area contributed by atoms with E-state index in [1.165, 1.54) is 0 Å². The van der Waals surface area contributed by atoms with Gasteiger partial charge in [0.2, 0.25) is 0 Å².